The van der Waals surface area contributed by atoms with Crippen molar-refractivity contribution in [1.82, 2.24) is 19.9 Å². The number of aromatic nitrogens is 7. The predicted octanol–water partition coefficient (Wildman–Crippen LogP) is -7.28. The minimum absolute atomic E-state index is 0. The van der Waals surface area contributed by atoms with Gasteiger partial charge >= 0.3 is 22.4 Å². The Morgan fingerprint density at radius 1 is 0.353 bits per heavy atom. The van der Waals surface area contributed by atoms with Gasteiger partial charge in [0, 0.05) is 80.7 Å². The first kappa shape index (κ1) is 53.4. The molecular formula is C54H40AuCl6N7. The van der Waals surface area contributed by atoms with Crippen LogP contribution in [0.2, 0.25) is 0 Å². The molecule has 344 valence electrons. The largest absolute Gasteiger partial charge is 3.00 e. The van der Waals surface area contributed by atoms with Gasteiger partial charge < -0.3 is 84.4 Å². The van der Waals surface area contributed by atoms with Crippen molar-refractivity contribution >= 4 is 78.7 Å². The first-order chi connectivity index (χ1) is 29.9. The summed E-state index contributed by atoms with van der Waals surface area (Å²) in [7, 11) is 6.13. The van der Waals surface area contributed by atoms with E-state index in [2.05, 4.69) is 200 Å². The average Bonchev–Trinajstić information content (AvgIpc) is 4.13. The zero-order chi connectivity index (χ0) is 40.8. The van der Waals surface area contributed by atoms with Crippen LogP contribution in [0.1, 0.15) is 22.8 Å². The van der Waals surface area contributed by atoms with Crippen LogP contribution in [0.15, 0.2) is 152 Å². The first-order valence-corrected chi connectivity index (χ1v) is 20.6. The van der Waals surface area contributed by atoms with Gasteiger partial charge in [-0.1, -0.05) is 54.6 Å². The molecule has 8 bridgehead atoms. The van der Waals surface area contributed by atoms with E-state index in [1.807, 2.05) is 21.1 Å². The molecule has 0 radical (unpaired) electrons. The third-order valence-corrected chi connectivity index (χ3v) is 12.4. The number of aryl methyl sites for hydroxylation is 3. The summed E-state index contributed by atoms with van der Waals surface area (Å²) in [5, 5.41) is 7.46. The fourth-order valence-electron chi connectivity index (χ4n) is 9.36. The Labute approximate surface area is 446 Å². The zero-order valence-electron chi connectivity index (χ0n) is 36.5. The molecule has 2 aliphatic heterocycles. The summed E-state index contributed by atoms with van der Waals surface area (Å²) in [4.78, 5) is 18.9. The van der Waals surface area contributed by atoms with Gasteiger partial charge in [0.2, 0.25) is 0 Å². The Kier molecular flexibility index (Phi) is 16.8. The van der Waals surface area contributed by atoms with E-state index in [4.69, 9.17) is 9.97 Å². The Hall–Kier alpha value is -5.55. The van der Waals surface area contributed by atoms with E-state index in [-0.39, 0.29) is 96.8 Å². The molecule has 7 nitrogen and oxygen atoms in total. The molecule has 0 spiro atoms. The van der Waals surface area contributed by atoms with Crippen LogP contribution in [-0.4, -0.2) is 19.9 Å². The number of nitrogens with one attached hydrogen (secondary N) is 2. The first-order valence-electron chi connectivity index (χ1n) is 20.6. The molecule has 0 amide bonds. The van der Waals surface area contributed by atoms with Crippen LogP contribution in [0.3, 0.4) is 0 Å². The maximum atomic E-state index is 5.59. The Morgan fingerprint density at radius 3 is 1.07 bits per heavy atom. The second kappa shape index (κ2) is 21.4. The number of fused-ring (bicyclic) bond motifs is 8. The minimum Gasteiger partial charge on any atom is -1.00 e. The molecule has 6 aromatic heterocycles. The quantitative estimate of drug-likeness (QED) is 0.105. The number of hydrogen-bond donors (Lipinski definition) is 2. The summed E-state index contributed by atoms with van der Waals surface area (Å²) in [6.45, 7) is 0. The van der Waals surface area contributed by atoms with Gasteiger partial charge in [-0.2, -0.15) is 0 Å². The van der Waals surface area contributed by atoms with Crippen molar-refractivity contribution in [2.75, 3.05) is 0 Å². The predicted molar refractivity (Wildman–Crippen MR) is 248 cm³/mol. The van der Waals surface area contributed by atoms with Crippen LogP contribution in [0, 0.1) is 0 Å². The zero-order valence-corrected chi connectivity index (χ0v) is 43.3. The van der Waals surface area contributed by atoms with Crippen molar-refractivity contribution in [3.8, 4) is 44.5 Å². The maximum Gasteiger partial charge on any atom is 3.00 e. The van der Waals surface area contributed by atoms with Crippen LogP contribution in [0.4, 0.5) is 0 Å². The fraction of sp³-hybridized carbons (Fsp3) is 0.0556. The third kappa shape index (κ3) is 9.07. The van der Waals surface area contributed by atoms with Crippen molar-refractivity contribution in [3.05, 3.63) is 175 Å². The second-order valence-electron chi connectivity index (χ2n) is 16.2. The van der Waals surface area contributed by atoms with Crippen molar-refractivity contribution < 1.29 is 111 Å². The van der Waals surface area contributed by atoms with E-state index in [0.717, 1.165) is 89.4 Å². The molecule has 2 N–H and O–H groups in total. The second-order valence-corrected chi connectivity index (χ2v) is 16.2. The topological polar surface area (TPSA) is 69.0 Å². The summed E-state index contributed by atoms with van der Waals surface area (Å²) in [6, 6.07) is 41.9. The summed E-state index contributed by atoms with van der Waals surface area (Å²) < 4.78 is 6.18. The molecule has 0 atom stereocenters. The van der Waals surface area contributed by atoms with Crippen LogP contribution >= 0.6 is 0 Å². The summed E-state index contributed by atoms with van der Waals surface area (Å²) in [5.41, 5.74) is 15.9. The summed E-state index contributed by atoms with van der Waals surface area (Å²) in [5.74, 6) is 0. The van der Waals surface area contributed by atoms with E-state index < -0.39 is 0 Å². The molecule has 0 saturated carbocycles. The molecule has 0 unspecified atom stereocenters. The summed E-state index contributed by atoms with van der Waals surface area (Å²) in [6.07, 6.45) is 21.2. The molecule has 10 aromatic rings. The van der Waals surface area contributed by atoms with Gasteiger partial charge in [0.1, 0.15) is 21.1 Å². The molecule has 0 saturated heterocycles. The van der Waals surface area contributed by atoms with Crippen LogP contribution in [-0.2, 0) is 43.5 Å². The van der Waals surface area contributed by atoms with E-state index in [0.29, 0.717) is 0 Å². The van der Waals surface area contributed by atoms with Gasteiger partial charge in [-0.25, -0.2) is 23.7 Å². The molecule has 0 fully saturated rings. The SMILES string of the molecule is C[n+]1ccc(-c2c3nc(c(-c4cc[n+](C)cc4)c4ccc([nH]4)c(-c4ccc5ccc6cccc7ccc4c5c67)c4nc(c(-c5cc[n+](C)cc5)c5ccc2[nH]5)C=C4)C=C3)cc1.[Au+3].[Cl-].[Cl-].[Cl-].[Cl-].[Cl-].[Cl-]. The number of H-pyrrole nitrogens is 2. The van der Waals surface area contributed by atoms with Gasteiger partial charge in [-0.3, -0.25) is 0 Å². The number of pyridine rings is 3. The Bertz CT molecular complexity index is 3620. The number of nitrogens with zero attached hydrogens (tertiary/aromatic N) is 5. The number of aromatic amines is 2. The molecule has 0 aliphatic carbocycles. The average molecular weight is 1200 g/mol. The minimum atomic E-state index is 0. The van der Waals surface area contributed by atoms with Gasteiger partial charge in [0.25, 0.3) is 0 Å². The Balaban J connectivity index is 0.00000123. The monoisotopic (exact) mass is 1190 g/mol. The van der Waals surface area contributed by atoms with Crippen LogP contribution in [0.5, 0.6) is 0 Å². The maximum absolute atomic E-state index is 5.59. The molecule has 4 aromatic carbocycles. The number of halogens is 6. The molecule has 2 aliphatic rings. The molecule has 8 heterocycles. The van der Waals surface area contributed by atoms with E-state index in [1.165, 1.54) is 32.3 Å². The van der Waals surface area contributed by atoms with Gasteiger partial charge in [0.05, 0.1) is 22.8 Å². The molecule has 14 heteroatoms. The van der Waals surface area contributed by atoms with Crippen molar-refractivity contribution in [2.24, 2.45) is 21.1 Å². The van der Waals surface area contributed by atoms with Crippen LogP contribution < -0.4 is 88.1 Å². The van der Waals surface area contributed by atoms with E-state index in [9.17, 15) is 0 Å². The van der Waals surface area contributed by atoms with E-state index in [1.54, 1.807) is 0 Å². The van der Waals surface area contributed by atoms with E-state index >= 15 is 0 Å². The fourth-order valence-corrected chi connectivity index (χ4v) is 9.36. The third-order valence-electron chi connectivity index (χ3n) is 12.4. The standard InChI is InChI=1S/C54H39N7.Au.6ClH/c1-59-27-21-36(22-28-59)51-41-13-15-43(55-41)52(37-23-29-60(2)30-24-37)45-17-19-47(57-45)54(40-12-10-35-8-7-33-5-4-6-34-9-11-39(40)50(35)49(33)34)48-20-18-46(58-48)53(44-16-14-42(51)56-44)38-25-31-61(3)32-26-38;;;;;;;/h4-32H,1-3H3,(H,55,56,57,58);;6*1H/q+2;+3;;;;;;/p-5. The van der Waals surface area contributed by atoms with Crippen molar-refractivity contribution in [1.29, 1.82) is 0 Å². The molecular weight excluding hydrogens is 1160 g/mol. The van der Waals surface area contributed by atoms with Gasteiger partial charge in [-0.05, 0) is 103 Å². The normalized spacial score (nSPS) is 11.1. The van der Waals surface area contributed by atoms with Gasteiger partial charge in [-0.15, -0.1) is 0 Å². The van der Waals surface area contributed by atoms with Crippen LogP contribution in [0.25, 0.3) is 123 Å². The number of rotatable bonds is 4. The van der Waals surface area contributed by atoms with Crippen molar-refractivity contribution in [3.63, 3.8) is 0 Å². The number of benzene rings is 4. The summed E-state index contributed by atoms with van der Waals surface area (Å²) >= 11 is 0. The van der Waals surface area contributed by atoms with Gasteiger partial charge in [0.15, 0.2) is 37.2 Å². The smallest absolute Gasteiger partial charge is 1.00 e. The molecule has 12 rings (SSSR count). The van der Waals surface area contributed by atoms with Crippen molar-refractivity contribution in [2.45, 2.75) is 0 Å². The number of hydrogen-bond acceptors (Lipinski definition) is 2. The molecule has 68 heavy (non-hydrogen) atoms. The Morgan fingerprint density at radius 2 is 0.676 bits per heavy atom.